The molecular formula is C10H11F2NO3. The van der Waals surface area contributed by atoms with Gasteiger partial charge in [0.1, 0.15) is 5.75 Å². The summed E-state index contributed by atoms with van der Waals surface area (Å²) in [7, 11) is 2.77. The van der Waals surface area contributed by atoms with Crippen LogP contribution in [0.2, 0.25) is 0 Å². The summed E-state index contributed by atoms with van der Waals surface area (Å²) in [6.45, 7) is -2.94. The molecule has 0 unspecified atom stereocenters. The predicted octanol–water partition coefficient (Wildman–Crippen LogP) is 2.12. The summed E-state index contributed by atoms with van der Waals surface area (Å²) >= 11 is 0. The average Bonchev–Trinajstić information content (AvgIpc) is 2.27. The highest BCUT2D eigenvalue weighted by molar-refractivity contribution is 5.90. The van der Waals surface area contributed by atoms with Crippen LogP contribution >= 0.6 is 0 Å². The Morgan fingerprint density at radius 1 is 1.44 bits per heavy atom. The second-order valence-corrected chi connectivity index (χ2v) is 2.83. The third-order valence-corrected chi connectivity index (χ3v) is 1.89. The summed E-state index contributed by atoms with van der Waals surface area (Å²) in [5, 5.41) is 2.67. The number of anilines is 1. The van der Waals surface area contributed by atoms with Crippen LogP contribution in [0.1, 0.15) is 10.4 Å². The molecule has 0 aliphatic rings. The van der Waals surface area contributed by atoms with Crippen molar-refractivity contribution in [2.45, 2.75) is 6.61 Å². The first-order valence-corrected chi connectivity index (χ1v) is 4.43. The lowest BCUT2D eigenvalue weighted by molar-refractivity contribution is -0.0494. The smallest absolute Gasteiger partial charge is 0.387 e. The first-order chi connectivity index (χ1) is 7.58. The van der Waals surface area contributed by atoms with E-state index >= 15 is 0 Å². The molecule has 0 fully saturated rings. The van der Waals surface area contributed by atoms with Crippen molar-refractivity contribution in [3.05, 3.63) is 23.8 Å². The lowest BCUT2D eigenvalue weighted by Gasteiger charge is -2.11. The first kappa shape index (κ1) is 12.2. The van der Waals surface area contributed by atoms with Gasteiger partial charge in [0.2, 0.25) is 0 Å². The number of hydrogen-bond acceptors (Lipinski definition) is 4. The molecule has 0 aromatic heterocycles. The van der Waals surface area contributed by atoms with Crippen molar-refractivity contribution >= 4 is 11.7 Å². The van der Waals surface area contributed by atoms with Crippen LogP contribution in [-0.2, 0) is 4.74 Å². The maximum absolute atomic E-state index is 12.1. The van der Waals surface area contributed by atoms with E-state index in [1.807, 2.05) is 0 Å². The number of hydrogen-bond donors (Lipinski definition) is 1. The van der Waals surface area contributed by atoms with Crippen LogP contribution in [0.3, 0.4) is 0 Å². The molecule has 1 N–H and O–H groups in total. The number of benzene rings is 1. The highest BCUT2D eigenvalue weighted by atomic mass is 19.3. The highest BCUT2D eigenvalue weighted by Crippen LogP contribution is 2.27. The number of methoxy groups -OCH3 is 1. The van der Waals surface area contributed by atoms with Crippen molar-refractivity contribution in [2.75, 3.05) is 19.5 Å². The molecule has 0 atom stereocenters. The second kappa shape index (κ2) is 5.29. The Bertz CT molecular complexity index is 382. The van der Waals surface area contributed by atoms with Gasteiger partial charge in [0, 0.05) is 7.05 Å². The molecule has 88 valence electrons. The fraction of sp³-hybridized carbons (Fsp3) is 0.300. The summed E-state index contributed by atoms with van der Waals surface area (Å²) in [5.74, 6) is -0.706. The number of esters is 1. The Kier molecular flexibility index (Phi) is 4.04. The number of halogens is 2. The summed E-state index contributed by atoms with van der Waals surface area (Å²) in [4.78, 5) is 11.2. The van der Waals surface area contributed by atoms with Crippen LogP contribution in [0.15, 0.2) is 18.2 Å². The molecule has 16 heavy (non-hydrogen) atoms. The van der Waals surface area contributed by atoms with E-state index in [-0.39, 0.29) is 11.3 Å². The van der Waals surface area contributed by atoms with Gasteiger partial charge >= 0.3 is 12.6 Å². The summed E-state index contributed by atoms with van der Waals surface area (Å²) in [6, 6.07) is 4.11. The molecule has 0 amide bonds. The number of alkyl halides is 2. The molecule has 4 nitrogen and oxygen atoms in total. The fourth-order valence-electron chi connectivity index (χ4n) is 1.17. The third kappa shape index (κ3) is 2.82. The third-order valence-electron chi connectivity index (χ3n) is 1.89. The van der Waals surface area contributed by atoms with E-state index in [1.165, 1.54) is 25.3 Å². The summed E-state index contributed by atoms with van der Waals surface area (Å²) in [5.41, 5.74) is 0.519. The zero-order valence-corrected chi connectivity index (χ0v) is 8.79. The highest BCUT2D eigenvalue weighted by Gasteiger charge is 2.13. The van der Waals surface area contributed by atoms with Crippen molar-refractivity contribution in [3.8, 4) is 5.75 Å². The summed E-state index contributed by atoms with van der Waals surface area (Å²) < 4.78 is 32.9. The largest absolute Gasteiger partial charge is 0.465 e. The van der Waals surface area contributed by atoms with Gasteiger partial charge in [-0.1, -0.05) is 0 Å². The van der Waals surface area contributed by atoms with Crippen LogP contribution < -0.4 is 10.1 Å². The number of rotatable bonds is 4. The van der Waals surface area contributed by atoms with Gasteiger partial charge in [0.25, 0.3) is 0 Å². The Morgan fingerprint density at radius 3 is 2.62 bits per heavy atom. The van der Waals surface area contributed by atoms with Gasteiger partial charge < -0.3 is 14.8 Å². The van der Waals surface area contributed by atoms with Crippen molar-refractivity contribution in [1.82, 2.24) is 0 Å². The molecule has 0 aliphatic carbocycles. The lowest BCUT2D eigenvalue weighted by atomic mass is 10.2. The van der Waals surface area contributed by atoms with Crippen LogP contribution in [0.25, 0.3) is 0 Å². The van der Waals surface area contributed by atoms with E-state index in [1.54, 1.807) is 7.05 Å². The van der Waals surface area contributed by atoms with E-state index in [2.05, 4.69) is 14.8 Å². The second-order valence-electron chi connectivity index (χ2n) is 2.83. The zero-order chi connectivity index (χ0) is 12.1. The maximum atomic E-state index is 12.1. The molecule has 0 aliphatic heterocycles. The lowest BCUT2D eigenvalue weighted by Crippen LogP contribution is -2.07. The molecule has 1 aromatic rings. The predicted molar refractivity (Wildman–Crippen MR) is 54.0 cm³/mol. The van der Waals surface area contributed by atoms with Gasteiger partial charge in [0.05, 0.1) is 18.4 Å². The van der Waals surface area contributed by atoms with Crippen molar-refractivity contribution in [1.29, 1.82) is 0 Å². The molecule has 0 saturated heterocycles. The number of ether oxygens (including phenoxy) is 2. The van der Waals surface area contributed by atoms with Crippen molar-refractivity contribution in [2.24, 2.45) is 0 Å². The first-order valence-electron chi connectivity index (χ1n) is 4.43. The molecule has 0 heterocycles. The maximum Gasteiger partial charge on any atom is 0.387 e. The minimum absolute atomic E-state index is 0.0969. The number of carbonyl (C=O) groups excluding carboxylic acids is 1. The quantitative estimate of drug-likeness (QED) is 0.806. The molecule has 0 radical (unpaired) electrons. The zero-order valence-electron chi connectivity index (χ0n) is 8.79. The van der Waals surface area contributed by atoms with Gasteiger partial charge in [-0.05, 0) is 18.2 Å². The monoisotopic (exact) mass is 231 g/mol. The van der Waals surface area contributed by atoms with E-state index in [0.717, 1.165) is 0 Å². The van der Waals surface area contributed by atoms with Crippen molar-refractivity contribution < 1.29 is 23.0 Å². The van der Waals surface area contributed by atoms with Gasteiger partial charge in [-0.25, -0.2) is 4.79 Å². The average molecular weight is 231 g/mol. The van der Waals surface area contributed by atoms with Crippen molar-refractivity contribution in [3.63, 3.8) is 0 Å². The van der Waals surface area contributed by atoms with Gasteiger partial charge in [-0.3, -0.25) is 0 Å². The molecule has 1 aromatic carbocycles. The molecule has 1 rings (SSSR count). The summed E-state index contributed by atoms with van der Waals surface area (Å²) in [6.07, 6.45) is 0. The minimum atomic E-state index is -2.94. The van der Waals surface area contributed by atoms with Gasteiger partial charge in [-0.2, -0.15) is 8.78 Å². The van der Waals surface area contributed by atoms with E-state index in [0.29, 0.717) is 5.69 Å². The molecular weight excluding hydrogens is 220 g/mol. The molecule has 6 heteroatoms. The Morgan fingerprint density at radius 2 is 2.12 bits per heavy atom. The van der Waals surface area contributed by atoms with Gasteiger partial charge in [-0.15, -0.1) is 0 Å². The van der Waals surface area contributed by atoms with E-state index in [4.69, 9.17) is 0 Å². The minimum Gasteiger partial charge on any atom is -0.465 e. The standard InChI is InChI=1S/C10H11F2NO3/c1-13-7-4-3-6(9(14)15-2)5-8(7)16-10(11)12/h3-5,10,13H,1-2H3. The van der Waals surface area contributed by atoms with Crippen LogP contribution in [0.4, 0.5) is 14.5 Å². The Balaban J connectivity index is 3.05. The van der Waals surface area contributed by atoms with E-state index < -0.39 is 12.6 Å². The molecule has 0 saturated carbocycles. The fourth-order valence-corrected chi connectivity index (χ4v) is 1.17. The SMILES string of the molecule is CNc1ccc(C(=O)OC)cc1OC(F)F. The normalized spacial score (nSPS) is 10.1. The van der Waals surface area contributed by atoms with Crippen LogP contribution in [0.5, 0.6) is 5.75 Å². The van der Waals surface area contributed by atoms with Crippen LogP contribution in [0, 0.1) is 0 Å². The van der Waals surface area contributed by atoms with E-state index in [9.17, 15) is 13.6 Å². The Hall–Kier alpha value is -1.85. The van der Waals surface area contributed by atoms with Crippen LogP contribution in [-0.4, -0.2) is 26.7 Å². The van der Waals surface area contributed by atoms with Gasteiger partial charge in [0.15, 0.2) is 0 Å². The topological polar surface area (TPSA) is 47.6 Å². The number of nitrogens with one attached hydrogen (secondary N) is 1. The Labute approximate surface area is 91.2 Å². The molecule has 0 spiro atoms. The number of carbonyl (C=O) groups is 1. The molecule has 0 bridgehead atoms.